The van der Waals surface area contributed by atoms with Crippen LogP contribution in [0.3, 0.4) is 0 Å². The predicted octanol–water partition coefficient (Wildman–Crippen LogP) is 1.57. The summed E-state index contributed by atoms with van der Waals surface area (Å²) in [4.78, 5) is 2.24. The van der Waals surface area contributed by atoms with Gasteiger partial charge in [0, 0.05) is 19.1 Å². The van der Waals surface area contributed by atoms with Crippen LogP contribution in [0.25, 0.3) is 0 Å². The second-order valence-electron chi connectivity index (χ2n) is 4.94. The van der Waals surface area contributed by atoms with Crippen molar-refractivity contribution in [1.82, 2.24) is 10.2 Å². The van der Waals surface area contributed by atoms with E-state index in [1.807, 2.05) is 0 Å². The zero-order chi connectivity index (χ0) is 9.78. The molecule has 0 aromatic carbocycles. The Morgan fingerprint density at radius 1 is 1.25 bits per heavy atom. The minimum absolute atomic E-state index is 0.369. The molecule has 74 valence electrons. The van der Waals surface area contributed by atoms with Crippen LogP contribution in [0.4, 0.5) is 0 Å². The van der Waals surface area contributed by atoms with Crippen LogP contribution in [0, 0.1) is 5.41 Å². The van der Waals surface area contributed by atoms with Crippen molar-refractivity contribution in [2.75, 3.05) is 27.2 Å². The lowest BCUT2D eigenvalue weighted by Crippen LogP contribution is -2.39. The van der Waals surface area contributed by atoms with E-state index in [1.54, 1.807) is 0 Å². The lowest BCUT2D eigenvalue weighted by Gasteiger charge is -2.29. The van der Waals surface area contributed by atoms with Gasteiger partial charge >= 0.3 is 0 Å². The number of nitrogens with one attached hydrogen (secondary N) is 1. The van der Waals surface area contributed by atoms with E-state index in [9.17, 15) is 0 Å². The molecule has 0 aliphatic rings. The van der Waals surface area contributed by atoms with Gasteiger partial charge in [0.25, 0.3) is 0 Å². The average molecular weight is 172 g/mol. The van der Waals surface area contributed by atoms with Gasteiger partial charge in [-0.15, -0.1) is 0 Å². The van der Waals surface area contributed by atoms with E-state index in [-0.39, 0.29) is 0 Å². The molecule has 0 radical (unpaired) electrons. The lowest BCUT2D eigenvalue weighted by atomic mass is 9.93. The first-order valence-corrected chi connectivity index (χ1v) is 4.71. The van der Waals surface area contributed by atoms with Crippen molar-refractivity contribution >= 4 is 0 Å². The average Bonchev–Trinajstić information content (AvgIpc) is 1.81. The van der Waals surface area contributed by atoms with Crippen LogP contribution < -0.4 is 5.32 Å². The topological polar surface area (TPSA) is 15.3 Å². The van der Waals surface area contributed by atoms with Crippen molar-refractivity contribution in [2.45, 2.75) is 33.7 Å². The number of rotatable bonds is 5. The van der Waals surface area contributed by atoms with Gasteiger partial charge in [0.2, 0.25) is 0 Å². The molecule has 0 bridgehead atoms. The van der Waals surface area contributed by atoms with Crippen LogP contribution in [0.2, 0.25) is 0 Å². The van der Waals surface area contributed by atoms with E-state index in [2.05, 4.69) is 52.0 Å². The maximum absolute atomic E-state index is 3.46. The highest BCUT2D eigenvalue weighted by Gasteiger charge is 2.18. The van der Waals surface area contributed by atoms with Crippen LogP contribution in [0.5, 0.6) is 0 Å². The highest BCUT2D eigenvalue weighted by atomic mass is 15.1. The molecule has 0 aromatic rings. The molecule has 0 aliphatic carbocycles. The van der Waals surface area contributed by atoms with Crippen molar-refractivity contribution in [1.29, 1.82) is 0 Å². The largest absolute Gasteiger partial charge is 0.314 e. The molecular weight excluding hydrogens is 148 g/mol. The molecule has 0 aliphatic heterocycles. The molecule has 1 N–H and O–H groups in total. The summed E-state index contributed by atoms with van der Waals surface area (Å²) in [5.41, 5.74) is 0.369. The van der Waals surface area contributed by atoms with Gasteiger partial charge in [-0.05, 0) is 19.5 Å². The number of hydrogen-bond donors (Lipinski definition) is 1. The summed E-state index contributed by atoms with van der Waals surface area (Å²) in [6.07, 6.45) is 0. The maximum Gasteiger partial charge on any atom is 0.00387 e. The van der Waals surface area contributed by atoms with Crippen LogP contribution in [0.15, 0.2) is 0 Å². The van der Waals surface area contributed by atoms with E-state index >= 15 is 0 Å². The Hall–Kier alpha value is -0.0800. The summed E-state index contributed by atoms with van der Waals surface area (Å²) in [5.74, 6) is 0. The van der Waals surface area contributed by atoms with Gasteiger partial charge in [0.05, 0.1) is 0 Å². The normalized spacial score (nSPS) is 13.0. The molecule has 0 saturated heterocycles. The fourth-order valence-corrected chi connectivity index (χ4v) is 1.39. The third-order valence-electron chi connectivity index (χ3n) is 1.73. The Morgan fingerprint density at radius 3 is 2.08 bits per heavy atom. The van der Waals surface area contributed by atoms with Crippen LogP contribution >= 0.6 is 0 Å². The fourth-order valence-electron chi connectivity index (χ4n) is 1.39. The number of nitrogens with zero attached hydrogens (tertiary/aromatic N) is 1. The summed E-state index contributed by atoms with van der Waals surface area (Å²) >= 11 is 0. The number of hydrogen-bond acceptors (Lipinski definition) is 2. The second-order valence-corrected chi connectivity index (χ2v) is 4.94. The Labute approximate surface area is 77.3 Å². The molecule has 0 rings (SSSR count). The van der Waals surface area contributed by atoms with Crippen molar-refractivity contribution in [3.8, 4) is 0 Å². The minimum atomic E-state index is 0.369. The smallest absolute Gasteiger partial charge is 0.00387 e. The summed E-state index contributed by atoms with van der Waals surface area (Å²) in [6.45, 7) is 11.2. The van der Waals surface area contributed by atoms with Crippen LogP contribution in [-0.2, 0) is 0 Å². The SMILES string of the molecule is CC(C)NCC(C)(C)CN(C)C. The molecule has 0 saturated carbocycles. The van der Waals surface area contributed by atoms with Crippen molar-refractivity contribution in [2.24, 2.45) is 5.41 Å². The van der Waals surface area contributed by atoms with Gasteiger partial charge in [-0.25, -0.2) is 0 Å². The molecule has 0 heterocycles. The summed E-state index contributed by atoms with van der Waals surface area (Å²) < 4.78 is 0. The molecular formula is C10H24N2. The standard InChI is InChI=1S/C10H24N2/c1-9(2)11-7-10(3,4)8-12(5)6/h9,11H,7-8H2,1-6H3. The van der Waals surface area contributed by atoms with Gasteiger partial charge in [-0.3, -0.25) is 0 Å². The predicted molar refractivity (Wildman–Crippen MR) is 55.5 cm³/mol. The Bertz CT molecular complexity index is 117. The zero-order valence-electron chi connectivity index (χ0n) is 9.44. The van der Waals surface area contributed by atoms with E-state index in [0.29, 0.717) is 11.5 Å². The molecule has 0 unspecified atom stereocenters. The monoisotopic (exact) mass is 172 g/mol. The third-order valence-corrected chi connectivity index (χ3v) is 1.73. The molecule has 0 aromatic heterocycles. The summed E-state index contributed by atoms with van der Waals surface area (Å²) in [6, 6.07) is 0.589. The first-order valence-electron chi connectivity index (χ1n) is 4.71. The summed E-state index contributed by atoms with van der Waals surface area (Å²) in [5, 5.41) is 3.46. The highest BCUT2D eigenvalue weighted by molar-refractivity contribution is 4.74. The molecule has 12 heavy (non-hydrogen) atoms. The maximum atomic E-state index is 3.46. The Balaban J connectivity index is 3.71. The van der Waals surface area contributed by atoms with Crippen molar-refractivity contribution in [3.05, 3.63) is 0 Å². The second kappa shape index (κ2) is 4.83. The first-order chi connectivity index (χ1) is 5.33. The molecule has 0 atom stereocenters. The Kier molecular flexibility index (Phi) is 4.80. The fraction of sp³-hybridized carbons (Fsp3) is 1.00. The molecule has 2 nitrogen and oxygen atoms in total. The quantitative estimate of drug-likeness (QED) is 0.677. The van der Waals surface area contributed by atoms with Crippen LogP contribution in [0.1, 0.15) is 27.7 Å². The van der Waals surface area contributed by atoms with Gasteiger partial charge in [0.1, 0.15) is 0 Å². The Morgan fingerprint density at radius 2 is 1.75 bits per heavy atom. The first kappa shape index (κ1) is 11.9. The van der Waals surface area contributed by atoms with Gasteiger partial charge in [0.15, 0.2) is 0 Å². The van der Waals surface area contributed by atoms with Gasteiger partial charge in [-0.2, -0.15) is 0 Å². The van der Waals surface area contributed by atoms with Crippen LogP contribution in [-0.4, -0.2) is 38.1 Å². The van der Waals surface area contributed by atoms with E-state index in [0.717, 1.165) is 13.1 Å². The van der Waals surface area contributed by atoms with E-state index < -0.39 is 0 Å². The minimum Gasteiger partial charge on any atom is -0.314 e. The molecule has 0 fully saturated rings. The zero-order valence-corrected chi connectivity index (χ0v) is 9.44. The molecule has 0 spiro atoms. The lowest BCUT2D eigenvalue weighted by molar-refractivity contribution is 0.228. The molecule has 0 amide bonds. The van der Waals surface area contributed by atoms with Gasteiger partial charge in [-0.1, -0.05) is 27.7 Å². The summed E-state index contributed by atoms with van der Waals surface area (Å²) in [7, 11) is 4.24. The van der Waals surface area contributed by atoms with E-state index in [1.165, 1.54) is 0 Å². The third kappa shape index (κ3) is 6.62. The molecule has 2 heteroatoms. The van der Waals surface area contributed by atoms with Gasteiger partial charge < -0.3 is 10.2 Å². The highest BCUT2D eigenvalue weighted by Crippen LogP contribution is 2.14. The van der Waals surface area contributed by atoms with Crippen molar-refractivity contribution < 1.29 is 0 Å². The van der Waals surface area contributed by atoms with E-state index in [4.69, 9.17) is 0 Å². The van der Waals surface area contributed by atoms with Crippen molar-refractivity contribution in [3.63, 3.8) is 0 Å².